The van der Waals surface area contributed by atoms with Crippen LogP contribution in [0.2, 0.25) is 0 Å². The summed E-state index contributed by atoms with van der Waals surface area (Å²) >= 11 is 0. The Morgan fingerprint density at radius 2 is 1.78 bits per heavy atom. The van der Waals surface area contributed by atoms with Gasteiger partial charge in [-0.1, -0.05) is 6.07 Å². The maximum absolute atomic E-state index is 14.8. The van der Waals surface area contributed by atoms with Crippen molar-refractivity contribution in [2.75, 3.05) is 6.54 Å². The van der Waals surface area contributed by atoms with Crippen molar-refractivity contribution < 1.29 is 18.4 Å². The lowest BCUT2D eigenvalue weighted by atomic mass is 9.72. The van der Waals surface area contributed by atoms with E-state index in [1.165, 1.54) is 6.07 Å². The van der Waals surface area contributed by atoms with Gasteiger partial charge in [0.25, 0.3) is 0 Å². The van der Waals surface area contributed by atoms with Crippen LogP contribution in [0.1, 0.15) is 59.6 Å². The number of fused-ring (bicyclic) bond motifs is 1. The SMILES string of the molecule is C=C(OC(C)(C)C)N1CCc2c(ccc(F)c2B2OC(C)(C)C(C)(C)O2)C1. The molecule has 0 N–H and O–H groups in total. The van der Waals surface area contributed by atoms with Gasteiger partial charge in [0.1, 0.15) is 11.4 Å². The largest absolute Gasteiger partial charge is 0.498 e. The highest BCUT2D eigenvalue weighted by Crippen LogP contribution is 2.37. The van der Waals surface area contributed by atoms with Gasteiger partial charge in [-0.2, -0.15) is 0 Å². The molecule has 1 saturated heterocycles. The van der Waals surface area contributed by atoms with Crippen molar-refractivity contribution in [3.63, 3.8) is 0 Å². The first-order valence-corrected chi connectivity index (χ1v) is 9.59. The van der Waals surface area contributed by atoms with Gasteiger partial charge >= 0.3 is 7.12 Å². The monoisotopic (exact) mass is 375 g/mol. The summed E-state index contributed by atoms with van der Waals surface area (Å²) in [6.45, 7) is 19.4. The second-order valence-corrected chi connectivity index (χ2v) is 9.47. The minimum absolute atomic E-state index is 0.273. The summed E-state index contributed by atoms with van der Waals surface area (Å²) in [6, 6.07) is 3.35. The van der Waals surface area contributed by atoms with Crippen molar-refractivity contribution in [2.45, 2.75) is 78.2 Å². The number of halogens is 1. The second kappa shape index (κ2) is 6.52. The van der Waals surface area contributed by atoms with Crippen LogP contribution >= 0.6 is 0 Å². The van der Waals surface area contributed by atoms with Crippen LogP contribution < -0.4 is 5.46 Å². The van der Waals surface area contributed by atoms with Crippen LogP contribution in [0.5, 0.6) is 0 Å². The maximum Gasteiger partial charge on any atom is 0.498 e. The van der Waals surface area contributed by atoms with Crippen LogP contribution in [0.15, 0.2) is 24.6 Å². The Morgan fingerprint density at radius 1 is 1.19 bits per heavy atom. The number of hydrogen-bond donors (Lipinski definition) is 0. The van der Waals surface area contributed by atoms with Gasteiger partial charge in [-0.25, -0.2) is 4.39 Å². The molecule has 0 aliphatic carbocycles. The molecule has 6 heteroatoms. The van der Waals surface area contributed by atoms with Crippen LogP contribution in [0.4, 0.5) is 4.39 Å². The molecule has 4 nitrogen and oxygen atoms in total. The van der Waals surface area contributed by atoms with E-state index in [1.54, 1.807) is 0 Å². The van der Waals surface area contributed by atoms with E-state index >= 15 is 0 Å². The molecule has 1 fully saturated rings. The highest BCUT2D eigenvalue weighted by atomic mass is 19.1. The Labute approximate surface area is 162 Å². The molecule has 0 unspecified atom stereocenters. The van der Waals surface area contributed by atoms with E-state index < -0.39 is 18.3 Å². The van der Waals surface area contributed by atoms with Crippen molar-refractivity contribution in [3.05, 3.63) is 41.5 Å². The second-order valence-electron chi connectivity index (χ2n) is 9.47. The molecule has 2 aliphatic rings. The topological polar surface area (TPSA) is 30.9 Å². The summed E-state index contributed by atoms with van der Waals surface area (Å²) in [5.74, 6) is 0.375. The number of nitrogens with zero attached hydrogens (tertiary/aromatic N) is 1. The van der Waals surface area contributed by atoms with Gasteiger partial charge in [0.2, 0.25) is 0 Å². The molecular formula is C21H31BFNO3. The lowest BCUT2D eigenvalue weighted by molar-refractivity contribution is -0.000659. The number of ether oxygens (including phenoxy) is 1. The molecule has 0 atom stereocenters. The smallest absolute Gasteiger partial charge is 0.474 e. The molecule has 3 rings (SSSR count). The lowest BCUT2D eigenvalue weighted by Gasteiger charge is -2.35. The van der Waals surface area contributed by atoms with E-state index in [4.69, 9.17) is 14.0 Å². The van der Waals surface area contributed by atoms with E-state index in [0.717, 1.165) is 17.7 Å². The molecular weight excluding hydrogens is 344 g/mol. The Bertz CT molecular complexity index is 739. The van der Waals surface area contributed by atoms with Gasteiger partial charge in [-0.15, -0.1) is 0 Å². The molecule has 0 bridgehead atoms. The highest BCUT2D eigenvalue weighted by molar-refractivity contribution is 6.62. The molecule has 0 amide bonds. The molecule has 1 aromatic carbocycles. The van der Waals surface area contributed by atoms with Crippen LogP contribution in [0.25, 0.3) is 0 Å². The third kappa shape index (κ3) is 3.88. The summed E-state index contributed by atoms with van der Waals surface area (Å²) in [4.78, 5) is 2.10. The van der Waals surface area contributed by atoms with E-state index in [0.29, 0.717) is 24.3 Å². The van der Waals surface area contributed by atoms with Crippen LogP contribution in [-0.2, 0) is 27.0 Å². The summed E-state index contributed by atoms with van der Waals surface area (Å²) in [5, 5.41) is 0. The fraction of sp³-hybridized carbons (Fsp3) is 0.619. The standard InChI is InChI=1S/C21H31BFNO3/c1-14(25-19(2,3)4)24-12-11-16-15(13-24)9-10-17(23)18(16)22-26-20(5,6)21(7,8)27-22/h9-10H,1,11-13H2,2-8H3. The molecule has 0 saturated carbocycles. The molecule has 0 radical (unpaired) electrons. The van der Waals surface area contributed by atoms with Gasteiger partial charge in [0.15, 0.2) is 5.88 Å². The van der Waals surface area contributed by atoms with Gasteiger partial charge in [0.05, 0.1) is 11.2 Å². The van der Waals surface area contributed by atoms with Gasteiger partial charge in [-0.3, -0.25) is 0 Å². The Kier molecular flexibility index (Phi) is 4.88. The zero-order valence-electron chi connectivity index (χ0n) is 17.6. The summed E-state index contributed by atoms with van der Waals surface area (Å²) in [5.41, 5.74) is 1.28. The summed E-state index contributed by atoms with van der Waals surface area (Å²) < 4.78 is 32.9. The van der Waals surface area contributed by atoms with Crippen LogP contribution in [-0.4, -0.2) is 35.4 Å². The average Bonchev–Trinajstić information content (AvgIpc) is 2.72. The Balaban J connectivity index is 1.87. The zero-order chi connectivity index (χ0) is 20.2. The quantitative estimate of drug-likeness (QED) is 0.595. The first-order valence-electron chi connectivity index (χ1n) is 9.59. The van der Waals surface area contributed by atoms with E-state index in [-0.39, 0.29) is 11.4 Å². The molecule has 2 aliphatic heterocycles. The highest BCUT2D eigenvalue weighted by Gasteiger charge is 2.53. The first kappa shape index (κ1) is 20.2. The van der Waals surface area contributed by atoms with E-state index in [1.807, 2.05) is 54.5 Å². The van der Waals surface area contributed by atoms with Crippen LogP contribution in [0.3, 0.4) is 0 Å². The van der Waals surface area contributed by atoms with Gasteiger partial charge in [-0.05, 0) is 78.7 Å². The van der Waals surface area contributed by atoms with E-state index in [9.17, 15) is 4.39 Å². The Morgan fingerprint density at radius 3 is 2.33 bits per heavy atom. The predicted molar refractivity (Wildman–Crippen MR) is 106 cm³/mol. The molecule has 0 aromatic heterocycles. The minimum atomic E-state index is -0.689. The van der Waals surface area contributed by atoms with Gasteiger partial charge < -0.3 is 18.9 Å². The van der Waals surface area contributed by atoms with E-state index in [2.05, 4.69) is 11.5 Å². The number of rotatable bonds is 3. The van der Waals surface area contributed by atoms with Crippen molar-refractivity contribution in [3.8, 4) is 0 Å². The fourth-order valence-corrected chi connectivity index (χ4v) is 3.50. The first-order chi connectivity index (χ1) is 12.3. The Hall–Kier alpha value is -1.53. The lowest BCUT2D eigenvalue weighted by Crippen LogP contribution is -2.43. The van der Waals surface area contributed by atoms with Crippen molar-refractivity contribution in [1.29, 1.82) is 0 Å². The zero-order valence-corrected chi connectivity index (χ0v) is 17.6. The minimum Gasteiger partial charge on any atom is -0.474 e. The number of hydrogen-bond acceptors (Lipinski definition) is 4. The van der Waals surface area contributed by atoms with Crippen LogP contribution in [0, 0.1) is 5.82 Å². The number of benzene rings is 1. The summed E-state index contributed by atoms with van der Waals surface area (Å²) in [7, 11) is -0.689. The molecule has 0 spiro atoms. The maximum atomic E-state index is 14.8. The third-order valence-electron chi connectivity index (χ3n) is 5.66. The molecule has 148 valence electrons. The molecule has 1 aromatic rings. The average molecular weight is 375 g/mol. The third-order valence-corrected chi connectivity index (χ3v) is 5.66. The molecule has 27 heavy (non-hydrogen) atoms. The summed E-state index contributed by atoms with van der Waals surface area (Å²) in [6.07, 6.45) is 0.693. The van der Waals surface area contributed by atoms with Crippen molar-refractivity contribution in [1.82, 2.24) is 4.90 Å². The predicted octanol–water partition coefficient (Wildman–Crippen LogP) is 3.77. The fourth-order valence-electron chi connectivity index (χ4n) is 3.50. The van der Waals surface area contributed by atoms with Crippen molar-refractivity contribution >= 4 is 12.6 Å². The molecule has 2 heterocycles. The van der Waals surface area contributed by atoms with Crippen molar-refractivity contribution in [2.24, 2.45) is 0 Å². The van der Waals surface area contributed by atoms with Gasteiger partial charge in [0, 0.05) is 18.6 Å². The normalized spacial score (nSPS) is 21.2.